The van der Waals surface area contributed by atoms with E-state index >= 15 is 0 Å². The summed E-state index contributed by atoms with van der Waals surface area (Å²) in [5.74, 6) is -0.0696. The Morgan fingerprint density at radius 3 is 2.08 bits per heavy atom. The van der Waals surface area contributed by atoms with E-state index in [0.717, 1.165) is 23.1 Å². The first-order valence-corrected chi connectivity index (χ1v) is 9.86. The molecule has 0 atom stereocenters. The molecular formula is C18H23N4O3S+. The number of H-pyrrole nitrogens is 1. The number of rotatable bonds is 4. The predicted molar refractivity (Wildman–Crippen MR) is 98.4 cm³/mol. The predicted octanol–water partition coefficient (Wildman–Crippen LogP) is 0.713. The highest BCUT2D eigenvalue weighted by atomic mass is 32.2. The summed E-state index contributed by atoms with van der Waals surface area (Å²) < 4.78 is 25.4. The lowest BCUT2D eigenvalue weighted by molar-refractivity contribution is -0.377. The van der Waals surface area contributed by atoms with Crippen LogP contribution in [-0.2, 0) is 10.0 Å². The van der Waals surface area contributed by atoms with E-state index in [2.05, 4.69) is 9.88 Å². The van der Waals surface area contributed by atoms with Gasteiger partial charge in [0.25, 0.3) is 5.91 Å². The van der Waals surface area contributed by atoms with Gasteiger partial charge in [0.2, 0.25) is 10.0 Å². The summed E-state index contributed by atoms with van der Waals surface area (Å²) in [6.07, 6.45) is 3.77. The number of pyridine rings is 1. The van der Waals surface area contributed by atoms with Gasteiger partial charge in [-0.2, -0.15) is 0 Å². The van der Waals surface area contributed by atoms with E-state index in [1.807, 2.05) is 24.5 Å². The van der Waals surface area contributed by atoms with Crippen LogP contribution in [0.25, 0.3) is 0 Å². The van der Waals surface area contributed by atoms with Gasteiger partial charge in [-0.1, -0.05) is 0 Å². The highest BCUT2D eigenvalue weighted by Gasteiger charge is 2.23. The number of benzene rings is 1. The van der Waals surface area contributed by atoms with E-state index in [4.69, 9.17) is 0 Å². The molecule has 2 heterocycles. The zero-order chi connectivity index (χ0) is 18.7. The Bertz CT molecular complexity index is 859. The van der Waals surface area contributed by atoms with E-state index in [1.165, 1.54) is 26.2 Å². The molecule has 1 saturated heterocycles. The average Bonchev–Trinajstić information content (AvgIpc) is 2.68. The van der Waals surface area contributed by atoms with Crippen LogP contribution in [0, 0.1) is 0 Å². The first-order valence-electron chi connectivity index (χ1n) is 8.42. The van der Waals surface area contributed by atoms with E-state index in [1.54, 1.807) is 17.0 Å². The molecule has 3 rings (SSSR count). The Kier molecular flexibility index (Phi) is 5.24. The van der Waals surface area contributed by atoms with Crippen molar-refractivity contribution < 1.29 is 18.2 Å². The zero-order valence-corrected chi connectivity index (χ0v) is 15.7. The van der Waals surface area contributed by atoms with Crippen LogP contribution in [0.3, 0.4) is 0 Å². The van der Waals surface area contributed by atoms with E-state index in [-0.39, 0.29) is 10.8 Å². The number of nitrogens with zero attached hydrogens (tertiary/aromatic N) is 3. The highest BCUT2D eigenvalue weighted by Crippen LogP contribution is 2.18. The number of hydrogen-bond donors (Lipinski definition) is 0. The van der Waals surface area contributed by atoms with Gasteiger partial charge in [0.1, 0.15) is 0 Å². The molecule has 1 fully saturated rings. The lowest BCUT2D eigenvalue weighted by Crippen LogP contribution is -2.48. The number of aromatic amines is 1. The summed E-state index contributed by atoms with van der Waals surface area (Å²) >= 11 is 0. The van der Waals surface area contributed by atoms with Gasteiger partial charge in [-0.3, -0.25) is 4.79 Å². The van der Waals surface area contributed by atoms with Crippen molar-refractivity contribution in [2.75, 3.05) is 45.2 Å². The number of aromatic nitrogens is 1. The Hall–Kier alpha value is -2.45. The molecule has 0 radical (unpaired) electrons. The maximum Gasteiger partial charge on any atom is 0.253 e. The Morgan fingerprint density at radius 2 is 1.54 bits per heavy atom. The smallest absolute Gasteiger partial charge is 0.253 e. The normalized spacial score (nSPS) is 15.3. The summed E-state index contributed by atoms with van der Waals surface area (Å²) in [5.41, 5.74) is 1.64. The fourth-order valence-electron chi connectivity index (χ4n) is 2.92. The molecule has 1 N–H and O–H groups in total. The number of carbonyl (C=O) groups excluding carboxylic acids is 1. The summed E-state index contributed by atoms with van der Waals surface area (Å²) in [5, 5.41) is 0. The van der Waals surface area contributed by atoms with Crippen molar-refractivity contribution in [3.8, 4) is 0 Å². The summed E-state index contributed by atoms with van der Waals surface area (Å²) in [4.78, 5) is 19.9. The van der Waals surface area contributed by atoms with Crippen molar-refractivity contribution in [1.82, 2.24) is 9.21 Å². The molecule has 1 amide bonds. The zero-order valence-electron chi connectivity index (χ0n) is 14.9. The van der Waals surface area contributed by atoms with Gasteiger partial charge in [0.15, 0.2) is 12.4 Å². The number of anilines is 1. The average molecular weight is 375 g/mol. The van der Waals surface area contributed by atoms with Gasteiger partial charge < -0.3 is 9.80 Å². The lowest BCUT2D eigenvalue weighted by Gasteiger charge is -2.35. The Balaban J connectivity index is 1.66. The van der Waals surface area contributed by atoms with Gasteiger partial charge in [-0.25, -0.2) is 17.7 Å². The van der Waals surface area contributed by atoms with E-state index in [0.29, 0.717) is 18.7 Å². The molecule has 0 unspecified atom stereocenters. The van der Waals surface area contributed by atoms with Crippen LogP contribution in [0.1, 0.15) is 10.4 Å². The minimum absolute atomic E-state index is 0.0696. The summed E-state index contributed by atoms with van der Waals surface area (Å²) in [7, 11) is -0.513. The summed E-state index contributed by atoms with van der Waals surface area (Å²) in [6, 6.07) is 10.2. The monoisotopic (exact) mass is 375 g/mol. The molecule has 0 spiro atoms. The van der Waals surface area contributed by atoms with Crippen molar-refractivity contribution in [3.63, 3.8) is 0 Å². The maximum atomic E-state index is 12.7. The molecule has 0 saturated carbocycles. The molecule has 2 aromatic rings. The molecule has 1 aromatic carbocycles. The van der Waals surface area contributed by atoms with Crippen molar-refractivity contribution in [2.45, 2.75) is 4.90 Å². The van der Waals surface area contributed by atoms with Crippen LogP contribution in [0.5, 0.6) is 0 Å². The highest BCUT2D eigenvalue weighted by molar-refractivity contribution is 7.89. The second-order valence-electron chi connectivity index (χ2n) is 6.35. The van der Waals surface area contributed by atoms with E-state index in [9.17, 15) is 13.2 Å². The first kappa shape index (κ1) is 18.3. The molecule has 1 aliphatic rings. The molecule has 1 aliphatic heterocycles. The molecular weight excluding hydrogens is 352 g/mol. The topological polar surface area (TPSA) is 75.1 Å². The molecule has 1 aromatic heterocycles. The molecule has 0 bridgehead atoms. The first-order chi connectivity index (χ1) is 12.4. The fourth-order valence-corrected chi connectivity index (χ4v) is 3.82. The molecule has 138 valence electrons. The Labute approximate surface area is 153 Å². The lowest BCUT2D eigenvalue weighted by atomic mass is 10.2. The van der Waals surface area contributed by atoms with Crippen LogP contribution in [0.2, 0.25) is 0 Å². The largest absolute Gasteiger partial charge is 0.368 e. The van der Waals surface area contributed by atoms with Crippen LogP contribution < -0.4 is 9.88 Å². The van der Waals surface area contributed by atoms with Crippen LogP contribution in [-0.4, -0.2) is 63.8 Å². The summed E-state index contributed by atoms with van der Waals surface area (Å²) in [6.45, 7) is 2.80. The van der Waals surface area contributed by atoms with Crippen LogP contribution in [0.15, 0.2) is 53.7 Å². The number of amides is 1. The molecule has 7 nitrogen and oxygen atoms in total. The van der Waals surface area contributed by atoms with Crippen LogP contribution in [0.4, 0.5) is 5.69 Å². The van der Waals surface area contributed by atoms with Gasteiger partial charge in [-0.05, 0) is 24.3 Å². The number of hydrogen-bond acceptors (Lipinski definition) is 4. The van der Waals surface area contributed by atoms with Crippen molar-refractivity contribution >= 4 is 21.6 Å². The second-order valence-corrected chi connectivity index (χ2v) is 8.50. The van der Waals surface area contributed by atoms with Crippen molar-refractivity contribution in [3.05, 3.63) is 54.4 Å². The third kappa shape index (κ3) is 3.71. The molecule has 8 heteroatoms. The van der Waals surface area contributed by atoms with Gasteiger partial charge >= 0.3 is 0 Å². The number of nitrogens with one attached hydrogen (secondary N) is 1. The number of sulfonamides is 1. The van der Waals surface area contributed by atoms with Gasteiger partial charge in [-0.15, -0.1) is 0 Å². The minimum Gasteiger partial charge on any atom is -0.368 e. The van der Waals surface area contributed by atoms with E-state index < -0.39 is 10.0 Å². The maximum absolute atomic E-state index is 12.7. The quantitative estimate of drug-likeness (QED) is 0.789. The van der Waals surface area contributed by atoms with Gasteiger partial charge in [0.05, 0.1) is 4.90 Å². The number of carbonyl (C=O) groups is 1. The Morgan fingerprint density at radius 1 is 0.962 bits per heavy atom. The standard InChI is InChI=1S/C18H22N4O3S/c1-20(2)26(24,25)17-5-3-15(4-6-17)18(23)22-13-11-21(12-14-22)16-7-9-19-10-8-16/h3-10H,11-14H2,1-2H3/p+1. The fraction of sp³-hybridized carbons (Fsp3) is 0.333. The van der Waals surface area contributed by atoms with Crippen molar-refractivity contribution in [2.24, 2.45) is 0 Å². The molecule has 0 aliphatic carbocycles. The third-order valence-electron chi connectivity index (χ3n) is 4.51. The third-order valence-corrected chi connectivity index (χ3v) is 6.34. The van der Waals surface area contributed by atoms with Gasteiger partial charge in [0, 0.05) is 63.7 Å². The minimum atomic E-state index is -3.48. The number of piperazine rings is 1. The second kappa shape index (κ2) is 7.43. The SMILES string of the molecule is CN(C)S(=O)(=O)c1ccc(C(=O)N2CCN(c3cc[nH+]cc3)CC2)cc1. The molecule has 26 heavy (non-hydrogen) atoms. The van der Waals surface area contributed by atoms with Crippen LogP contribution >= 0.6 is 0 Å². The van der Waals surface area contributed by atoms with Crippen molar-refractivity contribution in [1.29, 1.82) is 0 Å².